The van der Waals surface area contributed by atoms with Crippen LogP contribution >= 0.6 is 0 Å². The van der Waals surface area contributed by atoms with Crippen molar-refractivity contribution in [3.8, 4) is 0 Å². The minimum absolute atomic E-state index is 0.0679. The normalized spacial score (nSPS) is 51.0. The van der Waals surface area contributed by atoms with Crippen LogP contribution < -0.4 is 0 Å². The van der Waals surface area contributed by atoms with E-state index in [2.05, 4.69) is 0 Å². The van der Waals surface area contributed by atoms with E-state index in [0.717, 1.165) is 0 Å². The van der Waals surface area contributed by atoms with Crippen molar-refractivity contribution >= 4 is 17.9 Å². The van der Waals surface area contributed by atoms with Crippen LogP contribution in [0.25, 0.3) is 0 Å². The molecule has 0 aromatic rings. The van der Waals surface area contributed by atoms with Gasteiger partial charge in [-0.25, -0.2) is 4.79 Å². The maximum Gasteiger partial charge on any atom is 0.339 e. The molecule has 1 aliphatic carbocycles. The number of carbonyl (C=O) groups is 3. The second-order valence-corrected chi connectivity index (χ2v) is 7.89. The quantitative estimate of drug-likeness (QED) is 0.558. The van der Waals surface area contributed by atoms with Crippen molar-refractivity contribution in [1.82, 2.24) is 0 Å². The minimum atomic E-state index is -1.78. The lowest BCUT2D eigenvalue weighted by Gasteiger charge is -2.49. The third kappa shape index (κ3) is 1.20. The molecule has 1 saturated carbocycles. The van der Waals surface area contributed by atoms with Gasteiger partial charge in [0.25, 0.3) is 6.29 Å². The number of aliphatic hydroxyl groups excluding tert-OH is 1. The number of hydrogen-bond acceptors (Lipinski definition) is 8. The van der Waals surface area contributed by atoms with Crippen LogP contribution in [-0.4, -0.2) is 52.2 Å². The summed E-state index contributed by atoms with van der Waals surface area (Å²) >= 11 is 0. The number of ether oxygens (including phenoxy) is 3. The molecule has 8 nitrogen and oxygen atoms in total. The zero-order chi connectivity index (χ0) is 17.0. The topological polar surface area (TPSA) is 119 Å². The monoisotopic (exact) mass is 326 g/mol. The van der Waals surface area contributed by atoms with E-state index < -0.39 is 58.3 Å². The first kappa shape index (κ1) is 14.9. The van der Waals surface area contributed by atoms with E-state index in [1.807, 2.05) is 0 Å². The highest BCUT2D eigenvalue weighted by Gasteiger charge is 2.92. The smallest absolute Gasteiger partial charge is 0.339 e. The van der Waals surface area contributed by atoms with Crippen LogP contribution in [0.5, 0.6) is 0 Å². The lowest BCUT2D eigenvalue weighted by atomic mass is 9.52. The number of rotatable bonds is 0. The molecule has 2 spiro atoms. The SMILES string of the molecule is CC(C)(C)[C@]1(O)C[C@@H]2OC(=O)CC23C(=O)O[C@@H]2OC(=O)[C@H](O)C231. The summed E-state index contributed by atoms with van der Waals surface area (Å²) < 4.78 is 15.5. The second-order valence-electron chi connectivity index (χ2n) is 7.89. The van der Waals surface area contributed by atoms with Gasteiger partial charge < -0.3 is 24.4 Å². The van der Waals surface area contributed by atoms with Crippen molar-refractivity contribution in [2.45, 2.75) is 57.7 Å². The van der Waals surface area contributed by atoms with E-state index in [1.54, 1.807) is 20.8 Å². The molecule has 0 amide bonds. The first-order valence-corrected chi connectivity index (χ1v) is 7.54. The van der Waals surface area contributed by atoms with Gasteiger partial charge in [0.1, 0.15) is 16.9 Å². The van der Waals surface area contributed by atoms with E-state index in [9.17, 15) is 24.6 Å². The van der Waals surface area contributed by atoms with Gasteiger partial charge in [-0.05, 0) is 5.41 Å². The molecule has 0 aromatic heterocycles. The Balaban J connectivity index is 2.05. The molecule has 126 valence electrons. The maximum atomic E-state index is 12.6. The maximum absolute atomic E-state index is 12.6. The van der Waals surface area contributed by atoms with Crippen molar-refractivity contribution < 1.29 is 38.8 Å². The van der Waals surface area contributed by atoms with Crippen molar-refractivity contribution in [2.75, 3.05) is 0 Å². The molecule has 3 aliphatic heterocycles. The Hall–Kier alpha value is -1.67. The van der Waals surface area contributed by atoms with Crippen LogP contribution in [0.1, 0.15) is 33.6 Å². The molecule has 6 atom stereocenters. The van der Waals surface area contributed by atoms with Gasteiger partial charge >= 0.3 is 17.9 Å². The first-order chi connectivity index (χ1) is 10.5. The van der Waals surface area contributed by atoms with Gasteiger partial charge in [0.15, 0.2) is 6.10 Å². The van der Waals surface area contributed by atoms with Gasteiger partial charge in [0.2, 0.25) is 0 Å². The Morgan fingerprint density at radius 2 is 1.78 bits per heavy atom. The Bertz CT molecular complexity index is 650. The van der Waals surface area contributed by atoms with E-state index in [0.29, 0.717) is 0 Å². The highest BCUT2D eigenvalue weighted by molar-refractivity contribution is 5.94. The van der Waals surface area contributed by atoms with Crippen molar-refractivity contribution in [1.29, 1.82) is 0 Å². The Morgan fingerprint density at radius 1 is 1.13 bits per heavy atom. The van der Waals surface area contributed by atoms with Crippen LogP contribution in [0.2, 0.25) is 0 Å². The van der Waals surface area contributed by atoms with Crippen molar-refractivity contribution in [2.24, 2.45) is 16.2 Å². The molecular formula is C15H18O8. The lowest BCUT2D eigenvalue weighted by molar-refractivity contribution is -0.224. The van der Waals surface area contributed by atoms with E-state index in [4.69, 9.17) is 14.2 Å². The zero-order valence-electron chi connectivity index (χ0n) is 13.0. The molecule has 0 bridgehead atoms. The summed E-state index contributed by atoms with van der Waals surface area (Å²) in [6, 6.07) is 0. The molecule has 2 unspecified atom stereocenters. The van der Waals surface area contributed by atoms with Crippen LogP contribution in [-0.2, 0) is 28.6 Å². The second kappa shape index (κ2) is 3.70. The molecular weight excluding hydrogens is 308 g/mol. The summed E-state index contributed by atoms with van der Waals surface area (Å²) in [6.45, 7) is 5.19. The largest absolute Gasteiger partial charge is 0.461 e. The first-order valence-electron chi connectivity index (χ1n) is 7.54. The standard InChI is InChI=1S/C15H18O8/c1-12(2,3)14(20)4-6-13(5-7(16)21-6)10(19)23-11-15(13,14)8(17)9(18)22-11/h6,8,11,17,20H,4-5H2,1-3H3/t6-,8-,11-,13?,14+,15?/m0/s1. The molecule has 4 aliphatic rings. The van der Waals surface area contributed by atoms with Gasteiger partial charge in [-0.1, -0.05) is 20.8 Å². The number of esters is 3. The van der Waals surface area contributed by atoms with Gasteiger partial charge in [-0.3, -0.25) is 9.59 Å². The van der Waals surface area contributed by atoms with E-state index >= 15 is 0 Å². The Kier molecular flexibility index (Phi) is 2.39. The van der Waals surface area contributed by atoms with Crippen LogP contribution in [0, 0.1) is 16.2 Å². The van der Waals surface area contributed by atoms with Gasteiger partial charge in [0.05, 0.1) is 12.0 Å². The average Bonchev–Trinajstić information content (AvgIpc) is 3.00. The van der Waals surface area contributed by atoms with Gasteiger partial charge in [-0.15, -0.1) is 0 Å². The molecule has 3 saturated heterocycles. The van der Waals surface area contributed by atoms with Gasteiger partial charge in [0, 0.05) is 6.42 Å². The summed E-state index contributed by atoms with van der Waals surface area (Å²) in [7, 11) is 0. The predicted octanol–water partition coefficient (Wildman–Crippen LogP) is -0.744. The molecule has 0 radical (unpaired) electrons. The fraction of sp³-hybridized carbons (Fsp3) is 0.800. The minimum Gasteiger partial charge on any atom is -0.461 e. The number of hydrogen-bond donors (Lipinski definition) is 2. The zero-order valence-corrected chi connectivity index (χ0v) is 13.0. The van der Waals surface area contributed by atoms with E-state index in [1.165, 1.54) is 0 Å². The fourth-order valence-corrected chi connectivity index (χ4v) is 5.15. The van der Waals surface area contributed by atoms with Crippen molar-refractivity contribution in [3.63, 3.8) is 0 Å². The molecule has 3 heterocycles. The summed E-state index contributed by atoms with van der Waals surface area (Å²) in [5.41, 5.74) is -5.91. The summed E-state index contributed by atoms with van der Waals surface area (Å²) in [6.07, 6.45) is -4.58. The van der Waals surface area contributed by atoms with Crippen LogP contribution in [0.4, 0.5) is 0 Å². The molecule has 8 heteroatoms. The highest BCUT2D eigenvalue weighted by atomic mass is 16.7. The van der Waals surface area contributed by atoms with Crippen molar-refractivity contribution in [3.05, 3.63) is 0 Å². The summed E-state index contributed by atoms with van der Waals surface area (Å²) in [5.74, 6) is -2.36. The third-order valence-corrected chi connectivity index (χ3v) is 6.22. The molecule has 4 rings (SSSR count). The lowest BCUT2D eigenvalue weighted by Crippen LogP contribution is -2.65. The summed E-state index contributed by atoms with van der Waals surface area (Å²) in [4.78, 5) is 36.5. The molecule has 4 fully saturated rings. The average molecular weight is 326 g/mol. The van der Waals surface area contributed by atoms with Crippen LogP contribution in [0.15, 0.2) is 0 Å². The fourth-order valence-electron chi connectivity index (χ4n) is 5.15. The van der Waals surface area contributed by atoms with E-state index in [-0.39, 0.29) is 12.8 Å². The molecule has 2 N–H and O–H groups in total. The summed E-state index contributed by atoms with van der Waals surface area (Å²) in [5, 5.41) is 22.2. The van der Waals surface area contributed by atoms with Crippen LogP contribution in [0.3, 0.4) is 0 Å². The third-order valence-electron chi connectivity index (χ3n) is 6.22. The number of aliphatic hydroxyl groups is 2. The number of carbonyl (C=O) groups excluding carboxylic acids is 3. The predicted molar refractivity (Wildman–Crippen MR) is 70.4 cm³/mol. The highest BCUT2D eigenvalue weighted by Crippen LogP contribution is 2.75. The Labute approximate surface area is 131 Å². The Morgan fingerprint density at radius 3 is 2.39 bits per heavy atom. The van der Waals surface area contributed by atoms with Gasteiger partial charge in [-0.2, -0.15) is 0 Å². The molecule has 0 aromatic carbocycles. The molecule has 23 heavy (non-hydrogen) atoms.